The summed E-state index contributed by atoms with van der Waals surface area (Å²) < 4.78 is 27.0. The third-order valence-corrected chi connectivity index (χ3v) is 7.41. The van der Waals surface area contributed by atoms with Gasteiger partial charge in [-0.15, -0.1) is 0 Å². The number of anilines is 1. The van der Waals surface area contributed by atoms with Gasteiger partial charge in [-0.25, -0.2) is 9.18 Å². The molecule has 0 bridgehead atoms. The quantitative estimate of drug-likeness (QED) is 0.192. The van der Waals surface area contributed by atoms with Gasteiger partial charge in [-0.1, -0.05) is 32.9 Å². The van der Waals surface area contributed by atoms with Gasteiger partial charge in [-0.2, -0.15) is 0 Å². The second-order valence-corrected chi connectivity index (χ2v) is 11.7. The number of nitrogens with one attached hydrogen (secondary N) is 2. The van der Waals surface area contributed by atoms with Crippen molar-refractivity contribution in [3.8, 4) is 16.8 Å². The number of carbonyl (C=O) groups excluding carboxylic acids is 2. The van der Waals surface area contributed by atoms with E-state index in [0.717, 1.165) is 33.4 Å². The molecule has 1 aliphatic heterocycles. The summed E-state index contributed by atoms with van der Waals surface area (Å²) in [4.78, 5) is 25.4. The first-order chi connectivity index (χ1) is 19.5. The molecule has 0 radical (unpaired) electrons. The maximum absolute atomic E-state index is 14.0. The highest BCUT2D eigenvalue weighted by atomic mass is 19.1. The van der Waals surface area contributed by atoms with Crippen molar-refractivity contribution in [1.29, 1.82) is 5.41 Å². The predicted octanol–water partition coefficient (Wildman–Crippen LogP) is 6.88. The smallest absolute Gasteiger partial charge is 0.338 e. The Hall–Kier alpha value is -4.30. The van der Waals surface area contributed by atoms with Crippen LogP contribution in [0.25, 0.3) is 27.7 Å². The summed E-state index contributed by atoms with van der Waals surface area (Å²) >= 11 is 0. The molecule has 1 saturated heterocycles. The molecule has 4 aromatic rings. The van der Waals surface area contributed by atoms with Gasteiger partial charge >= 0.3 is 5.97 Å². The molecule has 41 heavy (non-hydrogen) atoms. The zero-order chi connectivity index (χ0) is 29.5. The van der Waals surface area contributed by atoms with Crippen molar-refractivity contribution in [2.75, 3.05) is 25.1 Å². The zero-order valence-corrected chi connectivity index (χ0v) is 23.9. The standard InChI is InChI=1S/C33H34FN3O4/c1-6-41-30(38)21-9-7-20(8-10-21)28-25-16-26(36-31(39)32(2,3)4)22(17-35)15-27(25)37(24-13-11-23(34)12-14-24)29(28)33(5)18-40-19-33/h7-17,35H,6,18-19H2,1-5H3,(H,36,39). The maximum atomic E-state index is 14.0. The number of aromatic nitrogens is 1. The Morgan fingerprint density at radius 1 is 1.10 bits per heavy atom. The number of ether oxygens (including phenoxy) is 2. The molecule has 2 heterocycles. The molecule has 0 unspecified atom stereocenters. The lowest BCUT2D eigenvalue weighted by Crippen LogP contribution is -2.45. The van der Waals surface area contributed by atoms with E-state index in [9.17, 15) is 14.0 Å². The fourth-order valence-electron chi connectivity index (χ4n) is 5.14. The van der Waals surface area contributed by atoms with Crippen molar-refractivity contribution in [2.45, 2.75) is 40.0 Å². The van der Waals surface area contributed by atoms with Crippen molar-refractivity contribution in [2.24, 2.45) is 5.41 Å². The lowest BCUT2D eigenvalue weighted by Gasteiger charge is -2.40. The van der Waals surface area contributed by atoms with Crippen molar-refractivity contribution >= 4 is 34.7 Å². The molecule has 7 nitrogen and oxygen atoms in total. The van der Waals surface area contributed by atoms with Crippen LogP contribution >= 0.6 is 0 Å². The van der Waals surface area contributed by atoms with Crippen LogP contribution in [0.1, 0.15) is 56.2 Å². The van der Waals surface area contributed by atoms with Crippen LogP contribution in [0.2, 0.25) is 0 Å². The number of benzene rings is 3. The number of fused-ring (bicyclic) bond motifs is 1. The number of hydrogen-bond acceptors (Lipinski definition) is 5. The Kier molecular flexibility index (Phi) is 7.30. The second kappa shape index (κ2) is 10.6. The van der Waals surface area contributed by atoms with Crippen LogP contribution in [-0.4, -0.2) is 42.5 Å². The molecule has 1 aromatic heterocycles. The zero-order valence-electron chi connectivity index (χ0n) is 23.9. The summed E-state index contributed by atoms with van der Waals surface area (Å²) in [5.41, 5.74) is 4.80. The van der Waals surface area contributed by atoms with Gasteiger partial charge in [0.25, 0.3) is 0 Å². The number of nitrogens with zero attached hydrogens (tertiary/aromatic N) is 1. The van der Waals surface area contributed by atoms with Crippen LogP contribution in [0.5, 0.6) is 0 Å². The van der Waals surface area contributed by atoms with E-state index in [-0.39, 0.29) is 23.7 Å². The number of hydrogen-bond donors (Lipinski definition) is 2. The molecule has 0 saturated carbocycles. The largest absolute Gasteiger partial charge is 0.462 e. The van der Waals surface area contributed by atoms with Gasteiger partial charge in [0.15, 0.2) is 0 Å². The summed E-state index contributed by atoms with van der Waals surface area (Å²) in [6.45, 7) is 10.7. The Bertz CT molecular complexity index is 1640. The number of esters is 1. The summed E-state index contributed by atoms with van der Waals surface area (Å²) in [6.07, 6.45) is 1.22. The highest BCUT2D eigenvalue weighted by molar-refractivity contribution is 6.08. The van der Waals surface area contributed by atoms with Crippen LogP contribution in [0.4, 0.5) is 10.1 Å². The van der Waals surface area contributed by atoms with E-state index in [2.05, 4.69) is 16.8 Å². The molecule has 5 rings (SSSR count). The first-order valence-electron chi connectivity index (χ1n) is 13.6. The van der Waals surface area contributed by atoms with Crippen molar-refractivity contribution < 1.29 is 23.5 Å². The van der Waals surface area contributed by atoms with Gasteiger partial charge < -0.3 is 24.8 Å². The SMILES string of the molecule is CCOC(=O)c1ccc(-c2c(C3(C)COC3)n(-c3ccc(F)cc3)c3cc(C=N)c(NC(=O)C(C)(C)C)cc23)cc1. The number of carbonyl (C=O) groups is 2. The minimum absolute atomic E-state index is 0.169. The normalized spacial score (nSPS) is 14.4. The average molecular weight is 556 g/mol. The molecule has 3 aromatic carbocycles. The van der Waals surface area contributed by atoms with E-state index >= 15 is 0 Å². The first-order valence-corrected chi connectivity index (χ1v) is 13.6. The molecule has 1 amide bonds. The Labute approximate surface area is 238 Å². The minimum atomic E-state index is -0.637. The van der Waals surface area contributed by atoms with Crippen LogP contribution in [0.3, 0.4) is 0 Å². The van der Waals surface area contributed by atoms with E-state index < -0.39 is 11.4 Å². The Morgan fingerprint density at radius 3 is 2.29 bits per heavy atom. The van der Waals surface area contributed by atoms with E-state index in [0.29, 0.717) is 30.0 Å². The molecular formula is C33H34FN3O4. The third kappa shape index (κ3) is 5.15. The van der Waals surface area contributed by atoms with Crippen molar-refractivity contribution in [3.05, 3.63) is 83.3 Å². The van der Waals surface area contributed by atoms with Crippen LogP contribution < -0.4 is 5.32 Å². The predicted molar refractivity (Wildman–Crippen MR) is 159 cm³/mol. The van der Waals surface area contributed by atoms with E-state index in [1.54, 1.807) is 31.2 Å². The molecule has 8 heteroatoms. The molecule has 1 aliphatic rings. The number of rotatable bonds is 7. The van der Waals surface area contributed by atoms with Gasteiger partial charge in [-0.3, -0.25) is 4.79 Å². The highest BCUT2D eigenvalue weighted by Crippen LogP contribution is 2.47. The second-order valence-electron chi connectivity index (χ2n) is 11.7. The molecular weight excluding hydrogens is 521 g/mol. The third-order valence-electron chi connectivity index (χ3n) is 7.41. The molecule has 1 fully saturated rings. The fourth-order valence-corrected chi connectivity index (χ4v) is 5.14. The van der Waals surface area contributed by atoms with Gasteiger partial charge in [0.1, 0.15) is 5.82 Å². The lowest BCUT2D eigenvalue weighted by atomic mass is 9.80. The fraction of sp³-hybridized carbons (Fsp3) is 0.303. The van der Waals surface area contributed by atoms with Crippen LogP contribution in [0, 0.1) is 16.6 Å². The molecule has 2 N–H and O–H groups in total. The number of amides is 1. The van der Waals surface area contributed by atoms with E-state index in [4.69, 9.17) is 14.9 Å². The van der Waals surface area contributed by atoms with Gasteiger partial charge in [-0.05, 0) is 67.9 Å². The maximum Gasteiger partial charge on any atom is 0.338 e. The van der Waals surface area contributed by atoms with Crippen LogP contribution in [-0.2, 0) is 19.7 Å². The highest BCUT2D eigenvalue weighted by Gasteiger charge is 2.42. The molecule has 212 valence electrons. The topological polar surface area (TPSA) is 93.4 Å². The lowest BCUT2D eigenvalue weighted by molar-refractivity contribution is -0.123. The van der Waals surface area contributed by atoms with E-state index in [1.165, 1.54) is 18.3 Å². The van der Waals surface area contributed by atoms with Crippen molar-refractivity contribution in [3.63, 3.8) is 0 Å². The van der Waals surface area contributed by atoms with Gasteiger partial charge in [0.05, 0.1) is 42.0 Å². The monoisotopic (exact) mass is 555 g/mol. The molecule has 0 spiro atoms. The Balaban J connectivity index is 1.84. The van der Waals surface area contributed by atoms with Gasteiger partial charge in [0.2, 0.25) is 5.91 Å². The summed E-state index contributed by atoms with van der Waals surface area (Å²) in [5.74, 6) is -0.903. The van der Waals surface area contributed by atoms with Crippen molar-refractivity contribution in [1.82, 2.24) is 4.57 Å². The molecule has 0 aliphatic carbocycles. The average Bonchev–Trinajstić information content (AvgIpc) is 3.25. The van der Waals surface area contributed by atoms with E-state index in [1.807, 2.05) is 45.0 Å². The minimum Gasteiger partial charge on any atom is -0.462 e. The summed E-state index contributed by atoms with van der Waals surface area (Å²) in [6, 6.07) is 17.4. The first kappa shape index (κ1) is 28.2. The summed E-state index contributed by atoms with van der Waals surface area (Å²) in [7, 11) is 0. The summed E-state index contributed by atoms with van der Waals surface area (Å²) in [5, 5.41) is 12.0. The Morgan fingerprint density at radius 2 is 1.76 bits per heavy atom. The van der Waals surface area contributed by atoms with Gasteiger partial charge in [0, 0.05) is 39.5 Å². The molecule has 0 atom stereocenters. The van der Waals surface area contributed by atoms with Crippen LogP contribution in [0.15, 0.2) is 60.7 Å². The number of halogens is 1.